The molecule has 1 amide bonds. The number of aliphatic hydroxyl groups excluding tert-OH is 1. The fraction of sp³-hybridized carbons (Fsp3) is 0.278. The summed E-state index contributed by atoms with van der Waals surface area (Å²) in [6.45, 7) is 3.37. The van der Waals surface area contributed by atoms with Crippen molar-refractivity contribution < 1.29 is 24.1 Å². The standard InChI is InChI=1S/C36H38N6O5/c1-2-45-32-16-9-6-13-27(32)21-22-38-41-35(44)36(25-26-11-4-3-5-12-26)33(30-14-7-8-15-31(30)40-42-37)47-34(39-36)28-17-19-29(20-18-28)46-24-10-23-43/h3-9,11-20,33,38,43H,2,10,21-25H2,1H3,(H,41,44)/t33-,36-/m0/s1. The van der Waals surface area contributed by atoms with Gasteiger partial charge in [-0.05, 0) is 60.3 Å². The molecular formula is C36H38N6O5. The summed E-state index contributed by atoms with van der Waals surface area (Å²) in [6, 6.07) is 31.7. The predicted molar refractivity (Wildman–Crippen MR) is 180 cm³/mol. The van der Waals surface area contributed by atoms with Crippen LogP contribution < -0.4 is 20.3 Å². The van der Waals surface area contributed by atoms with Gasteiger partial charge in [0.25, 0.3) is 5.91 Å². The first-order valence-electron chi connectivity index (χ1n) is 15.6. The molecule has 0 aliphatic carbocycles. The number of carbonyl (C=O) groups is 1. The van der Waals surface area contributed by atoms with E-state index >= 15 is 0 Å². The van der Waals surface area contributed by atoms with Crippen LogP contribution >= 0.6 is 0 Å². The highest BCUT2D eigenvalue weighted by molar-refractivity contribution is 6.01. The van der Waals surface area contributed by atoms with Gasteiger partial charge >= 0.3 is 0 Å². The smallest absolute Gasteiger partial charge is 0.266 e. The topological polar surface area (TPSA) is 150 Å². The van der Waals surface area contributed by atoms with Gasteiger partial charge in [0.2, 0.25) is 5.90 Å². The summed E-state index contributed by atoms with van der Waals surface area (Å²) in [6.07, 6.45) is 0.410. The number of nitrogens with one attached hydrogen (secondary N) is 2. The molecule has 4 aromatic carbocycles. The van der Waals surface area contributed by atoms with E-state index in [1.54, 1.807) is 30.3 Å². The average Bonchev–Trinajstić information content (AvgIpc) is 3.48. The molecule has 0 saturated heterocycles. The number of amides is 1. The monoisotopic (exact) mass is 634 g/mol. The number of aliphatic imine (C=N–C) groups is 1. The fourth-order valence-corrected chi connectivity index (χ4v) is 5.47. The largest absolute Gasteiger partial charge is 0.494 e. The Labute approximate surface area is 273 Å². The molecule has 0 fully saturated rings. The lowest BCUT2D eigenvalue weighted by atomic mass is 9.81. The van der Waals surface area contributed by atoms with Crippen molar-refractivity contribution in [2.75, 3.05) is 26.4 Å². The highest BCUT2D eigenvalue weighted by Crippen LogP contribution is 2.45. The predicted octanol–water partition coefficient (Wildman–Crippen LogP) is 6.15. The van der Waals surface area contributed by atoms with Crippen LogP contribution in [0.15, 0.2) is 113 Å². The number of benzene rings is 4. The van der Waals surface area contributed by atoms with E-state index in [1.165, 1.54) is 0 Å². The number of ether oxygens (including phenoxy) is 3. The number of hydrogen-bond acceptors (Lipinski definition) is 8. The van der Waals surface area contributed by atoms with Crippen molar-refractivity contribution in [3.05, 3.63) is 136 Å². The van der Waals surface area contributed by atoms with E-state index in [1.807, 2.05) is 79.7 Å². The van der Waals surface area contributed by atoms with Gasteiger partial charge in [0.1, 0.15) is 11.5 Å². The van der Waals surface area contributed by atoms with Gasteiger partial charge in [-0.15, -0.1) is 0 Å². The summed E-state index contributed by atoms with van der Waals surface area (Å²) in [7, 11) is 0. The summed E-state index contributed by atoms with van der Waals surface area (Å²) < 4.78 is 18.0. The van der Waals surface area contributed by atoms with Crippen molar-refractivity contribution in [3.63, 3.8) is 0 Å². The third kappa shape index (κ3) is 8.09. The Bertz CT molecular complexity index is 1710. The Morgan fingerprint density at radius 2 is 1.74 bits per heavy atom. The molecule has 11 heteroatoms. The molecule has 11 nitrogen and oxygen atoms in total. The van der Waals surface area contributed by atoms with Gasteiger partial charge < -0.3 is 19.3 Å². The lowest BCUT2D eigenvalue weighted by Gasteiger charge is -2.31. The molecule has 5 rings (SSSR count). The van der Waals surface area contributed by atoms with E-state index in [-0.39, 0.29) is 18.9 Å². The van der Waals surface area contributed by atoms with Crippen LogP contribution in [0.2, 0.25) is 0 Å². The van der Waals surface area contributed by atoms with Gasteiger partial charge in [0.15, 0.2) is 11.6 Å². The van der Waals surface area contributed by atoms with Crippen LogP contribution in [-0.2, 0) is 22.4 Å². The van der Waals surface area contributed by atoms with Gasteiger partial charge in [-0.25, -0.2) is 10.4 Å². The Hall–Kier alpha value is -5.35. The van der Waals surface area contributed by atoms with Gasteiger partial charge in [-0.3, -0.25) is 10.2 Å². The Kier molecular flexibility index (Phi) is 11.4. The molecule has 1 heterocycles. The van der Waals surface area contributed by atoms with Crippen molar-refractivity contribution in [3.8, 4) is 11.5 Å². The molecule has 0 bridgehead atoms. The zero-order chi connectivity index (χ0) is 32.9. The molecule has 0 aromatic heterocycles. The number of hydrazine groups is 1. The number of nitrogens with zero attached hydrogens (tertiary/aromatic N) is 4. The van der Waals surface area contributed by atoms with Crippen molar-refractivity contribution in [1.82, 2.24) is 10.9 Å². The van der Waals surface area contributed by atoms with E-state index in [0.717, 1.165) is 16.9 Å². The molecule has 4 aromatic rings. The van der Waals surface area contributed by atoms with Gasteiger partial charge in [-0.1, -0.05) is 77.9 Å². The first kappa shape index (κ1) is 33.0. The maximum absolute atomic E-state index is 14.5. The molecule has 0 saturated carbocycles. The lowest BCUT2D eigenvalue weighted by Crippen LogP contribution is -2.54. The van der Waals surface area contributed by atoms with E-state index < -0.39 is 17.6 Å². The second-order valence-corrected chi connectivity index (χ2v) is 10.9. The lowest BCUT2D eigenvalue weighted by molar-refractivity contribution is -0.130. The molecular weight excluding hydrogens is 596 g/mol. The van der Waals surface area contributed by atoms with Crippen LogP contribution in [0.1, 0.15) is 41.7 Å². The molecule has 0 unspecified atom stereocenters. The SMILES string of the molecule is CCOc1ccccc1CCNNC(=O)[C@@]1(Cc2ccccc2)N=C(c2ccc(OCCCO)cc2)O[C@H]1c1ccccc1N=[N+]=[N-]. The van der Waals surface area contributed by atoms with Crippen molar-refractivity contribution in [1.29, 1.82) is 0 Å². The maximum atomic E-state index is 14.5. The molecule has 47 heavy (non-hydrogen) atoms. The third-order valence-electron chi connectivity index (χ3n) is 7.71. The van der Waals surface area contributed by atoms with Crippen molar-refractivity contribution in [2.45, 2.75) is 37.8 Å². The van der Waals surface area contributed by atoms with Crippen LogP contribution in [0, 0.1) is 0 Å². The minimum Gasteiger partial charge on any atom is -0.494 e. The molecule has 2 atom stereocenters. The van der Waals surface area contributed by atoms with Gasteiger partial charge in [0.05, 0.1) is 13.2 Å². The summed E-state index contributed by atoms with van der Waals surface area (Å²) in [5.74, 6) is 1.31. The first-order chi connectivity index (χ1) is 23.1. The second-order valence-electron chi connectivity index (χ2n) is 10.9. The molecule has 0 spiro atoms. The Morgan fingerprint density at radius 3 is 2.51 bits per heavy atom. The molecule has 242 valence electrons. The number of azide groups is 1. The van der Waals surface area contributed by atoms with Crippen LogP contribution in [-0.4, -0.2) is 48.8 Å². The highest BCUT2D eigenvalue weighted by atomic mass is 16.5. The molecule has 1 aliphatic heterocycles. The van der Waals surface area contributed by atoms with Crippen LogP contribution in [0.3, 0.4) is 0 Å². The van der Waals surface area contributed by atoms with Crippen LogP contribution in [0.4, 0.5) is 5.69 Å². The quantitative estimate of drug-likeness (QED) is 0.0442. The zero-order valence-corrected chi connectivity index (χ0v) is 26.2. The Balaban J connectivity index is 1.49. The van der Waals surface area contributed by atoms with E-state index in [2.05, 4.69) is 20.9 Å². The molecule has 3 N–H and O–H groups in total. The van der Waals surface area contributed by atoms with Crippen LogP contribution in [0.5, 0.6) is 11.5 Å². The number of rotatable bonds is 16. The number of aliphatic hydroxyl groups is 1. The summed E-state index contributed by atoms with van der Waals surface area (Å²) in [4.78, 5) is 22.5. The maximum Gasteiger partial charge on any atom is 0.266 e. The normalized spacial score (nSPS) is 16.8. The minimum atomic E-state index is -1.48. The minimum absolute atomic E-state index is 0.0441. The van der Waals surface area contributed by atoms with E-state index in [4.69, 9.17) is 24.3 Å². The van der Waals surface area contributed by atoms with Gasteiger partial charge in [-0.2, -0.15) is 0 Å². The van der Waals surface area contributed by atoms with Crippen LogP contribution in [0.25, 0.3) is 10.4 Å². The molecule has 1 aliphatic rings. The first-order valence-corrected chi connectivity index (χ1v) is 15.6. The number of carbonyl (C=O) groups excluding carboxylic acids is 1. The van der Waals surface area contributed by atoms with E-state index in [9.17, 15) is 10.3 Å². The highest BCUT2D eigenvalue weighted by Gasteiger charge is 2.54. The average molecular weight is 635 g/mol. The number of para-hydroxylation sites is 1. The number of hydrogen-bond donors (Lipinski definition) is 3. The van der Waals surface area contributed by atoms with E-state index in [0.29, 0.717) is 55.2 Å². The summed E-state index contributed by atoms with van der Waals surface area (Å²) >= 11 is 0. The fourth-order valence-electron chi connectivity index (χ4n) is 5.47. The second kappa shape index (κ2) is 16.3. The van der Waals surface area contributed by atoms with Gasteiger partial charge in [0, 0.05) is 47.7 Å². The Morgan fingerprint density at radius 1 is 1.00 bits per heavy atom. The van der Waals surface area contributed by atoms with Crippen molar-refractivity contribution in [2.24, 2.45) is 10.1 Å². The van der Waals surface area contributed by atoms with Crippen molar-refractivity contribution >= 4 is 17.5 Å². The summed E-state index contributed by atoms with van der Waals surface area (Å²) in [5.41, 5.74) is 17.3. The molecule has 0 radical (unpaired) electrons. The third-order valence-corrected chi connectivity index (χ3v) is 7.71. The zero-order valence-electron chi connectivity index (χ0n) is 26.2. The summed E-state index contributed by atoms with van der Waals surface area (Å²) in [5, 5.41) is 13.0.